The first kappa shape index (κ1) is 13.3. The summed E-state index contributed by atoms with van der Waals surface area (Å²) in [7, 11) is 0. The van der Waals surface area contributed by atoms with E-state index in [0.717, 1.165) is 33.3 Å². The van der Waals surface area contributed by atoms with Crippen LogP contribution in [0.2, 0.25) is 0 Å². The number of nitrogens with zero attached hydrogens (tertiary/aromatic N) is 1. The molecule has 5 heteroatoms. The highest BCUT2D eigenvalue weighted by Gasteiger charge is 2.08. The van der Waals surface area contributed by atoms with E-state index in [4.69, 9.17) is 4.42 Å². The fraction of sp³-hybridized carbons (Fsp3) is 0. The average molecular weight is 304 g/mol. The van der Waals surface area contributed by atoms with Gasteiger partial charge in [-0.05, 0) is 35.9 Å². The molecule has 0 unspecified atom stereocenters. The molecule has 0 radical (unpaired) electrons. The molecule has 0 aliphatic carbocycles. The van der Waals surface area contributed by atoms with Crippen LogP contribution in [0, 0.1) is 10.1 Å². The SMILES string of the molecule is O=[N+]([O-])c1ccc(C=Cc2cc3[nH]c4ccccc4c3o2)cc1. The summed E-state index contributed by atoms with van der Waals surface area (Å²) >= 11 is 0. The maximum Gasteiger partial charge on any atom is 0.269 e. The summed E-state index contributed by atoms with van der Waals surface area (Å²) in [6.07, 6.45) is 3.72. The topological polar surface area (TPSA) is 72.1 Å². The molecule has 5 nitrogen and oxygen atoms in total. The van der Waals surface area contributed by atoms with Crippen LogP contribution in [0.3, 0.4) is 0 Å². The van der Waals surface area contributed by atoms with Crippen LogP contribution in [-0.2, 0) is 0 Å². The predicted molar refractivity (Wildman–Crippen MR) is 90.1 cm³/mol. The van der Waals surface area contributed by atoms with Gasteiger partial charge in [-0.1, -0.05) is 18.2 Å². The molecule has 1 N–H and O–H groups in total. The van der Waals surface area contributed by atoms with Crippen molar-refractivity contribution in [3.8, 4) is 0 Å². The van der Waals surface area contributed by atoms with Crippen molar-refractivity contribution in [3.05, 3.63) is 76.0 Å². The second-order valence-corrected chi connectivity index (χ2v) is 5.24. The highest BCUT2D eigenvalue weighted by Crippen LogP contribution is 2.28. The van der Waals surface area contributed by atoms with E-state index in [2.05, 4.69) is 4.98 Å². The van der Waals surface area contributed by atoms with Gasteiger partial charge in [0.25, 0.3) is 5.69 Å². The van der Waals surface area contributed by atoms with E-state index >= 15 is 0 Å². The molecule has 0 bridgehead atoms. The van der Waals surface area contributed by atoms with Gasteiger partial charge in [-0.2, -0.15) is 0 Å². The van der Waals surface area contributed by atoms with Gasteiger partial charge in [0.2, 0.25) is 0 Å². The lowest BCUT2D eigenvalue weighted by molar-refractivity contribution is -0.384. The molecular formula is C18H12N2O3. The molecule has 112 valence electrons. The molecule has 0 atom stereocenters. The van der Waals surface area contributed by atoms with Gasteiger partial charge in [0.05, 0.1) is 10.4 Å². The summed E-state index contributed by atoms with van der Waals surface area (Å²) in [5, 5.41) is 11.7. The number of rotatable bonds is 3. The van der Waals surface area contributed by atoms with Crippen molar-refractivity contribution in [1.82, 2.24) is 4.98 Å². The van der Waals surface area contributed by atoms with Gasteiger partial charge in [-0.3, -0.25) is 10.1 Å². The molecule has 4 aromatic rings. The Bertz CT molecular complexity index is 1040. The minimum absolute atomic E-state index is 0.0833. The van der Waals surface area contributed by atoms with E-state index in [1.54, 1.807) is 12.1 Å². The fourth-order valence-electron chi connectivity index (χ4n) is 2.61. The van der Waals surface area contributed by atoms with Crippen molar-refractivity contribution in [2.24, 2.45) is 0 Å². The Labute approximate surface area is 131 Å². The summed E-state index contributed by atoms with van der Waals surface area (Å²) in [5.41, 5.74) is 3.80. The first-order valence-corrected chi connectivity index (χ1v) is 7.13. The zero-order valence-corrected chi connectivity index (χ0v) is 12.0. The van der Waals surface area contributed by atoms with Crippen LogP contribution in [-0.4, -0.2) is 9.91 Å². The predicted octanol–water partition coefficient (Wildman–Crippen LogP) is 4.99. The number of aromatic amines is 1. The molecule has 0 aliphatic heterocycles. The summed E-state index contributed by atoms with van der Waals surface area (Å²) in [4.78, 5) is 13.5. The fourth-order valence-corrected chi connectivity index (χ4v) is 2.61. The number of furan rings is 1. The van der Waals surface area contributed by atoms with Crippen LogP contribution in [0.4, 0.5) is 5.69 Å². The normalized spacial score (nSPS) is 11.7. The second-order valence-electron chi connectivity index (χ2n) is 5.24. The minimum atomic E-state index is -0.409. The number of nitrogens with one attached hydrogen (secondary N) is 1. The number of aromatic nitrogens is 1. The first-order valence-electron chi connectivity index (χ1n) is 7.13. The molecule has 0 fully saturated rings. The number of hydrogen-bond donors (Lipinski definition) is 1. The van der Waals surface area contributed by atoms with E-state index in [-0.39, 0.29) is 5.69 Å². The zero-order chi connectivity index (χ0) is 15.8. The molecule has 0 saturated carbocycles. The van der Waals surface area contributed by atoms with E-state index in [1.807, 2.05) is 42.5 Å². The highest BCUT2D eigenvalue weighted by molar-refractivity contribution is 6.04. The molecule has 2 aromatic heterocycles. The second kappa shape index (κ2) is 5.14. The van der Waals surface area contributed by atoms with Gasteiger partial charge in [-0.25, -0.2) is 0 Å². The van der Waals surface area contributed by atoms with Crippen LogP contribution in [0.25, 0.3) is 34.2 Å². The van der Waals surface area contributed by atoms with Gasteiger partial charge < -0.3 is 9.40 Å². The Hall–Kier alpha value is -3.34. The molecular weight excluding hydrogens is 292 g/mol. The van der Waals surface area contributed by atoms with Crippen molar-refractivity contribution in [3.63, 3.8) is 0 Å². The zero-order valence-electron chi connectivity index (χ0n) is 12.0. The van der Waals surface area contributed by atoms with Gasteiger partial charge in [0, 0.05) is 29.1 Å². The number of para-hydroxylation sites is 1. The number of nitro groups is 1. The Balaban J connectivity index is 1.65. The maximum absolute atomic E-state index is 10.6. The number of benzene rings is 2. The molecule has 0 spiro atoms. The summed E-state index contributed by atoms with van der Waals surface area (Å²) in [6.45, 7) is 0. The number of nitro benzene ring substituents is 1. The van der Waals surface area contributed by atoms with Gasteiger partial charge >= 0.3 is 0 Å². The monoisotopic (exact) mass is 304 g/mol. The lowest BCUT2D eigenvalue weighted by Gasteiger charge is -1.93. The summed E-state index contributed by atoms with van der Waals surface area (Å²) in [6, 6.07) is 16.3. The number of H-pyrrole nitrogens is 1. The summed E-state index contributed by atoms with van der Waals surface area (Å²) in [5.74, 6) is 0.732. The van der Waals surface area contributed by atoms with E-state index in [0.29, 0.717) is 0 Å². The first-order chi connectivity index (χ1) is 11.2. The van der Waals surface area contributed by atoms with E-state index < -0.39 is 4.92 Å². The standard InChI is InChI=1S/C18H12N2O3/c21-20(22)13-8-5-12(6-9-13)7-10-14-11-17-18(23-14)15-3-1-2-4-16(15)19-17/h1-11,19H. The van der Waals surface area contributed by atoms with Crippen molar-refractivity contribution < 1.29 is 9.34 Å². The Morgan fingerprint density at radius 3 is 2.57 bits per heavy atom. The number of fused-ring (bicyclic) bond motifs is 3. The Morgan fingerprint density at radius 1 is 1.00 bits per heavy atom. The van der Waals surface area contributed by atoms with Crippen molar-refractivity contribution >= 4 is 39.8 Å². The van der Waals surface area contributed by atoms with E-state index in [1.165, 1.54) is 12.1 Å². The quantitative estimate of drug-likeness (QED) is 0.428. The maximum atomic E-state index is 10.6. The lowest BCUT2D eigenvalue weighted by atomic mass is 10.2. The highest BCUT2D eigenvalue weighted by atomic mass is 16.6. The molecule has 23 heavy (non-hydrogen) atoms. The minimum Gasteiger partial charge on any atom is -0.454 e. The van der Waals surface area contributed by atoms with Crippen LogP contribution in [0.15, 0.2) is 59.0 Å². The number of hydrogen-bond acceptors (Lipinski definition) is 3. The smallest absolute Gasteiger partial charge is 0.269 e. The average Bonchev–Trinajstić information content (AvgIpc) is 3.10. The van der Waals surface area contributed by atoms with Crippen molar-refractivity contribution in [2.45, 2.75) is 0 Å². The van der Waals surface area contributed by atoms with Crippen molar-refractivity contribution in [2.75, 3.05) is 0 Å². The van der Waals surface area contributed by atoms with Crippen molar-refractivity contribution in [1.29, 1.82) is 0 Å². The summed E-state index contributed by atoms with van der Waals surface area (Å²) < 4.78 is 5.88. The van der Waals surface area contributed by atoms with Crippen LogP contribution >= 0.6 is 0 Å². The van der Waals surface area contributed by atoms with Gasteiger partial charge in [0.1, 0.15) is 5.76 Å². The van der Waals surface area contributed by atoms with Crippen LogP contribution < -0.4 is 0 Å². The van der Waals surface area contributed by atoms with E-state index in [9.17, 15) is 10.1 Å². The third-order valence-electron chi connectivity index (χ3n) is 3.74. The largest absolute Gasteiger partial charge is 0.454 e. The molecule has 2 aromatic carbocycles. The molecule has 0 saturated heterocycles. The van der Waals surface area contributed by atoms with Crippen LogP contribution in [0.5, 0.6) is 0 Å². The number of non-ortho nitro benzene ring substituents is 1. The molecule has 0 aliphatic rings. The van der Waals surface area contributed by atoms with Gasteiger partial charge in [-0.15, -0.1) is 0 Å². The van der Waals surface area contributed by atoms with Gasteiger partial charge in [0.15, 0.2) is 5.58 Å². The molecule has 0 amide bonds. The lowest BCUT2D eigenvalue weighted by Crippen LogP contribution is -1.86. The molecule has 2 heterocycles. The Kier molecular flexibility index (Phi) is 2.98. The third kappa shape index (κ3) is 2.38. The third-order valence-corrected chi connectivity index (χ3v) is 3.74. The van der Waals surface area contributed by atoms with Crippen LogP contribution in [0.1, 0.15) is 11.3 Å². The Morgan fingerprint density at radius 2 is 1.78 bits per heavy atom. The molecule has 4 rings (SSSR count).